The topological polar surface area (TPSA) is 85.8 Å². The van der Waals surface area contributed by atoms with E-state index >= 15 is 0 Å². The first kappa shape index (κ1) is 25.7. The first-order valence-electron chi connectivity index (χ1n) is 10.3. The molecule has 1 unspecified atom stereocenters. The average molecular weight is 446 g/mol. The van der Waals surface area contributed by atoms with Crippen LogP contribution in [0.4, 0.5) is 0 Å². The lowest BCUT2D eigenvalue weighted by Crippen LogP contribution is -2.43. The van der Waals surface area contributed by atoms with Crippen LogP contribution in [0.5, 0.6) is 0 Å². The monoisotopic (exact) mass is 445 g/mol. The molecule has 1 atom stereocenters. The maximum Gasteiger partial charge on any atom is 0.240 e. The number of hydrogen-bond acceptors (Lipinski definition) is 4. The molecule has 3 N–H and O–H groups in total. The molecule has 7 nitrogen and oxygen atoms in total. The quantitative estimate of drug-likeness (QED) is 0.247. The molecule has 9 heteroatoms. The van der Waals surface area contributed by atoms with Crippen molar-refractivity contribution in [3.8, 4) is 0 Å². The first-order valence-corrected chi connectivity index (χ1v) is 12.2. The van der Waals surface area contributed by atoms with Crippen LogP contribution >= 0.6 is 11.6 Å². The van der Waals surface area contributed by atoms with Crippen molar-refractivity contribution >= 4 is 27.6 Å². The number of aliphatic imine (C=N–C) groups is 1. The van der Waals surface area contributed by atoms with Crippen LogP contribution in [0.2, 0.25) is 5.02 Å². The summed E-state index contributed by atoms with van der Waals surface area (Å²) in [5, 5.41) is 6.98. The maximum absolute atomic E-state index is 12.3. The van der Waals surface area contributed by atoms with Crippen molar-refractivity contribution in [3.63, 3.8) is 0 Å². The zero-order valence-electron chi connectivity index (χ0n) is 18.0. The van der Waals surface area contributed by atoms with E-state index in [0.717, 1.165) is 39.0 Å². The van der Waals surface area contributed by atoms with Crippen LogP contribution < -0.4 is 15.4 Å². The summed E-state index contributed by atoms with van der Waals surface area (Å²) in [6.45, 7) is 13.0. The van der Waals surface area contributed by atoms with E-state index in [1.165, 1.54) is 12.1 Å². The van der Waals surface area contributed by atoms with E-state index in [1.807, 2.05) is 6.92 Å². The molecule has 0 aromatic heterocycles. The SMILES string of the molecule is CCNC(=NCCNS(=O)(=O)c1cccc(Cl)c1)NC(C)CCCN(CC)CC. The fourth-order valence-corrected chi connectivity index (χ4v) is 4.17. The highest BCUT2D eigenvalue weighted by Crippen LogP contribution is 2.14. The first-order chi connectivity index (χ1) is 13.8. The van der Waals surface area contributed by atoms with Gasteiger partial charge in [0.1, 0.15) is 0 Å². The van der Waals surface area contributed by atoms with Crippen molar-refractivity contribution in [3.05, 3.63) is 29.3 Å². The molecule has 0 aliphatic rings. The van der Waals surface area contributed by atoms with E-state index in [0.29, 0.717) is 17.5 Å². The molecule has 0 radical (unpaired) electrons. The normalized spacial score (nSPS) is 13.5. The van der Waals surface area contributed by atoms with Crippen LogP contribution in [0.25, 0.3) is 0 Å². The number of sulfonamides is 1. The average Bonchev–Trinajstić information content (AvgIpc) is 2.68. The van der Waals surface area contributed by atoms with Crippen molar-refractivity contribution < 1.29 is 8.42 Å². The Bertz CT molecular complexity index is 723. The van der Waals surface area contributed by atoms with Gasteiger partial charge in [-0.2, -0.15) is 0 Å². The molecule has 0 spiro atoms. The molecule has 0 fully saturated rings. The number of guanidine groups is 1. The Kier molecular flexibility index (Phi) is 12.2. The van der Waals surface area contributed by atoms with Crippen LogP contribution in [0.15, 0.2) is 34.2 Å². The molecule has 1 aromatic rings. The number of hydrogen-bond donors (Lipinski definition) is 3. The molecule has 29 heavy (non-hydrogen) atoms. The minimum absolute atomic E-state index is 0.154. The van der Waals surface area contributed by atoms with Crippen LogP contribution in [0.3, 0.4) is 0 Å². The Morgan fingerprint density at radius 2 is 1.97 bits per heavy atom. The van der Waals surface area contributed by atoms with Gasteiger partial charge in [-0.05, 0) is 64.5 Å². The minimum Gasteiger partial charge on any atom is -0.357 e. The molecule has 0 heterocycles. The predicted molar refractivity (Wildman–Crippen MR) is 122 cm³/mol. The molecule has 0 aliphatic heterocycles. The second-order valence-electron chi connectivity index (χ2n) is 6.83. The van der Waals surface area contributed by atoms with Crippen LogP contribution in [-0.4, -0.2) is 64.6 Å². The van der Waals surface area contributed by atoms with Gasteiger partial charge >= 0.3 is 0 Å². The largest absolute Gasteiger partial charge is 0.357 e. The number of halogens is 1. The fraction of sp³-hybridized carbons (Fsp3) is 0.650. The minimum atomic E-state index is -3.59. The van der Waals surface area contributed by atoms with Crippen molar-refractivity contribution in [2.45, 2.75) is 51.5 Å². The van der Waals surface area contributed by atoms with Gasteiger partial charge in [0.25, 0.3) is 0 Å². The number of benzene rings is 1. The lowest BCUT2D eigenvalue weighted by atomic mass is 10.2. The van der Waals surface area contributed by atoms with Crippen LogP contribution in [-0.2, 0) is 10.0 Å². The van der Waals surface area contributed by atoms with E-state index in [2.05, 4.69) is 46.0 Å². The molecule has 1 aromatic carbocycles. The van der Waals surface area contributed by atoms with Crippen molar-refractivity contribution in [2.75, 3.05) is 39.3 Å². The highest BCUT2D eigenvalue weighted by atomic mass is 35.5. The van der Waals surface area contributed by atoms with Gasteiger partial charge in [-0.25, -0.2) is 13.1 Å². The third kappa shape index (κ3) is 10.3. The molecule has 0 saturated heterocycles. The van der Waals surface area contributed by atoms with Crippen LogP contribution in [0, 0.1) is 0 Å². The fourth-order valence-electron chi connectivity index (χ4n) is 2.85. The molecule has 166 valence electrons. The van der Waals surface area contributed by atoms with E-state index in [-0.39, 0.29) is 17.5 Å². The van der Waals surface area contributed by atoms with Gasteiger partial charge in [0.15, 0.2) is 5.96 Å². The van der Waals surface area contributed by atoms with Gasteiger partial charge in [0, 0.05) is 24.2 Å². The lowest BCUT2D eigenvalue weighted by molar-refractivity contribution is 0.292. The van der Waals surface area contributed by atoms with Crippen molar-refractivity contribution in [1.82, 2.24) is 20.3 Å². The Labute approximate surface area is 181 Å². The summed E-state index contributed by atoms with van der Waals surface area (Å²) in [5.41, 5.74) is 0. The Balaban J connectivity index is 2.48. The van der Waals surface area contributed by atoms with E-state index in [9.17, 15) is 8.42 Å². The zero-order chi connectivity index (χ0) is 21.7. The number of nitrogens with zero attached hydrogens (tertiary/aromatic N) is 2. The summed E-state index contributed by atoms with van der Waals surface area (Å²) in [6, 6.07) is 6.49. The zero-order valence-corrected chi connectivity index (χ0v) is 19.6. The van der Waals surface area contributed by atoms with Crippen molar-refractivity contribution in [1.29, 1.82) is 0 Å². The van der Waals surface area contributed by atoms with Gasteiger partial charge in [-0.1, -0.05) is 31.5 Å². The Hall–Kier alpha value is -1.35. The van der Waals surface area contributed by atoms with Gasteiger partial charge in [0.05, 0.1) is 11.4 Å². The van der Waals surface area contributed by atoms with Crippen LogP contribution in [0.1, 0.15) is 40.5 Å². The van der Waals surface area contributed by atoms with E-state index in [1.54, 1.807) is 12.1 Å². The standard InChI is InChI=1S/C20H36ClN5O2S/c1-5-22-20(25-17(4)10-9-15-26(6-2)7-3)23-13-14-24-29(27,28)19-12-8-11-18(21)16-19/h8,11-12,16-17,24H,5-7,9-10,13-15H2,1-4H3,(H2,22,23,25). The third-order valence-corrected chi connectivity index (χ3v) is 6.21. The summed E-state index contributed by atoms with van der Waals surface area (Å²) < 4.78 is 27.2. The number of rotatable bonds is 13. The van der Waals surface area contributed by atoms with E-state index < -0.39 is 10.0 Å². The summed E-state index contributed by atoms with van der Waals surface area (Å²) in [6.07, 6.45) is 2.16. The van der Waals surface area contributed by atoms with E-state index in [4.69, 9.17) is 11.6 Å². The molecule has 0 aliphatic carbocycles. The second kappa shape index (κ2) is 13.8. The summed E-state index contributed by atoms with van der Waals surface area (Å²) in [5.74, 6) is 0.699. The van der Waals surface area contributed by atoms with Gasteiger partial charge in [0.2, 0.25) is 10.0 Å². The molecular weight excluding hydrogens is 410 g/mol. The Morgan fingerprint density at radius 3 is 2.59 bits per heavy atom. The number of nitrogens with one attached hydrogen (secondary N) is 3. The predicted octanol–water partition coefficient (Wildman–Crippen LogP) is 2.68. The van der Waals surface area contributed by atoms with Gasteiger partial charge in [-0.3, -0.25) is 4.99 Å². The molecule has 1 rings (SSSR count). The third-order valence-electron chi connectivity index (χ3n) is 4.51. The smallest absolute Gasteiger partial charge is 0.240 e. The molecular formula is C20H36ClN5O2S. The van der Waals surface area contributed by atoms with Gasteiger partial charge < -0.3 is 15.5 Å². The highest BCUT2D eigenvalue weighted by Gasteiger charge is 2.13. The Morgan fingerprint density at radius 1 is 1.24 bits per heavy atom. The second-order valence-corrected chi connectivity index (χ2v) is 9.03. The summed E-state index contributed by atoms with van der Waals surface area (Å²) in [7, 11) is -3.59. The maximum atomic E-state index is 12.3. The highest BCUT2D eigenvalue weighted by molar-refractivity contribution is 7.89. The molecule has 0 saturated carbocycles. The lowest BCUT2D eigenvalue weighted by Gasteiger charge is -2.21. The molecule has 0 bridgehead atoms. The van der Waals surface area contributed by atoms with Gasteiger partial charge in [-0.15, -0.1) is 0 Å². The molecule has 0 amide bonds. The van der Waals surface area contributed by atoms with Crippen molar-refractivity contribution in [2.24, 2.45) is 4.99 Å². The summed E-state index contributed by atoms with van der Waals surface area (Å²) >= 11 is 5.87. The summed E-state index contributed by atoms with van der Waals surface area (Å²) in [4.78, 5) is 7.04.